The molecule has 1 N–H and O–H groups in total. The molecule has 1 unspecified atom stereocenters. The van der Waals surface area contributed by atoms with E-state index in [1.54, 1.807) is 24.9 Å². The van der Waals surface area contributed by atoms with Gasteiger partial charge in [-0.2, -0.15) is 4.98 Å². The van der Waals surface area contributed by atoms with Crippen molar-refractivity contribution in [1.82, 2.24) is 19.5 Å². The number of benzene rings is 1. The van der Waals surface area contributed by atoms with Crippen molar-refractivity contribution in [2.75, 3.05) is 5.32 Å². The van der Waals surface area contributed by atoms with E-state index in [2.05, 4.69) is 45.4 Å². The molecule has 1 aromatic carbocycles. The maximum absolute atomic E-state index is 5.59. The van der Waals surface area contributed by atoms with Gasteiger partial charge in [0.05, 0.1) is 30.9 Å². The van der Waals surface area contributed by atoms with Gasteiger partial charge in [-0.1, -0.05) is 12.1 Å². The number of anilines is 1. The summed E-state index contributed by atoms with van der Waals surface area (Å²) in [5.74, 6) is 1.21. The molecule has 0 fully saturated rings. The van der Waals surface area contributed by atoms with Gasteiger partial charge in [-0.25, -0.2) is 4.98 Å². The van der Waals surface area contributed by atoms with Crippen LogP contribution in [0.4, 0.5) is 5.82 Å². The standard InChI is InChI=1S/C18H21N5O/c1-13(2)24-18-11-20-10-17(22-18)21-14(3)15-5-4-6-16(9-15)23-8-7-19-12-23/h4-14H,1-3H3,(H,21,22). The molecule has 2 aromatic heterocycles. The molecular formula is C18H21N5O. The van der Waals surface area contributed by atoms with Crippen molar-refractivity contribution >= 4 is 5.82 Å². The number of nitrogens with one attached hydrogen (secondary N) is 1. The SMILES string of the molecule is CC(C)Oc1cncc(NC(C)c2cccc(-n3ccnc3)c2)n1. The van der Waals surface area contributed by atoms with Gasteiger partial charge in [0.2, 0.25) is 5.88 Å². The van der Waals surface area contributed by atoms with Crippen LogP contribution in [0.5, 0.6) is 5.88 Å². The Kier molecular flexibility index (Phi) is 4.74. The highest BCUT2D eigenvalue weighted by molar-refractivity contribution is 5.41. The Morgan fingerprint density at radius 1 is 1.12 bits per heavy atom. The van der Waals surface area contributed by atoms with Gasteiger partial charge in [-0.15, -0.1) is 0 Å². The zero-order valence-electron chi connectivity index (χ0n) is 14.0. The van der Waals surface area contributed by atoms with Gasteiger partial charge in [0.25, 0.3) is 0 Å². The smallest absolute Gasteiger partial charge is 0.234 e. The minimum Gasteiger partial charge on any atom is -0.474 e. The topological polar surface area (TPSA) is 64.9 Å². The highest BCUT2D eigenvalue weighted by Crippen LogP contribution is 2.21. The first-order valence-corrected chi connectivity index (χ1v) is 7.95. The van der Waals surface area contributed by atoms with E-state index in [1.807, 2.05) is 30.7 Å². The molecule has 3 aromatic rings. The molecule has 0 aliphatic heterocycles. The summed E-state index contributed by atoms with van der Waals surface area (Å²) in [6.45, 7) is 6.02. The summed E-state index contributed by atoms with van der Waals surface area (Å²) < 4.78 is 7.57. The van der Waals surface area contributed by atoms with E-state index >= 15 is 0 Å². The molecule has 0 aliphatic carbocycles. The van der Waals surface area contributed by atoms with Crippen molar-refractivity contribution in [3.8, 4) is 11.6 Å². The fourth-order valence-electron chi connectivity index (χ4n) is 2.39. The molecule has 0 saturated heterocycles. The molecule has 0 aliphatic rings. The zero-order valence-corrected chi connectivity index (χ0v) is 14.0. The fraction of sp³-hybridized carbons (Fsp3) is 0.278. The molecule has 24 heavy (non-hydrogen) atoms. The number of ether oxygens (including phenoxy) is 1. The maximum Gasteiger partial charge on any atom is 0.234 e. The second-order valence-electron chi connectivity index (χ2n) is 5.84. The summed E-state index contributed by atoms with van der Waals surface area (Å²) in [4.78, 5) is 12.7. The van der Waals surface area contributed by atoms with Gasteiger partial charge in [0, 0.05) is 18.1 Å². The van der Waals surface area contributed by atoms with E-state index in [9.17, 15) is 0 Å². The van der Waals surface area contributed by atoms with E-state index in [0.717, 1.165) is 11.3 Å². The average Bonchev–Trinajstić information content (AvgIpc) is 3.09. The molecular weight excluding hydrogens is 302 g/mol. The lowest BCUT2D eigenvalue weighted by molar-refractivity contribution is 0.232. The van der Waals surface area contributed by atoms with Crippen LogP contribution in [0.25, 0.3) is 5.69 Å². The molecule has 6 nitrogen and oxygen atoms in total. The first kappa shape index (κ1) is 16.0. The number of nitrogens with zero attached hydrogens (tertiary/aromatic N) is 4. The normalized spacial score (nSPS) is 12.2. The van der Waals surface area contributed by atoms with Crippen molar-refractivity contribution in [2.45, 2.75) is 32.9 Å². The lowest BCUT2D eigenvalue weighted by Crippen LogP contribution is -2.11. The third-order valence-electron chi connectivity index (χ3n) is 3.51. The van der Waals surface area contributed by atoms with Gasteiger partial charge in [-0.05, 0) is 38.5 Å². The molecule has 2 heterocycles. The molecule has 3 rings (SSSR count). The highest BCUT2D eigenvalue weighted by Gasteiger charge is 2.09. The number of hydrogen-bond donors (Lipinski definition) is 1. The summed E-state index contributed by atoms with van der Waals surface area (Å²) in [6, 6.07) is 8.38. The largest absolute Gasteiger partial charge is 0.474 e. The predicted molar refractivity (Wildman–Crippen MR) is 93.4 cm³/mol. The Bertz CT molecular complexity index is 786. The van der Waals surface area contributed by atoms with Crippen molar-refractivity contribution in [2.24, 2.45) is 0 Å². The maximum atomic E-state index is 5.59. The van der Waals surface area contributed by atoms with Crippen LogP contribution in [-0.2, 0) is 0 Å². The number of aromatic nitrogens is 4. The van der Waals surface area contributed by atoms with E-state index in [4.69, 9.17) is 4.74 Å². The van der Waals surface area contributed by atoms with Gasteiger partial charge >= 0.3 is 0 Å². The fourth-order valence-corrected chi connectivity index (χ4v) is 2.39. The zero-order chi connectivity index (χ0) is 16.9. The van der Waals surface area contributed by atoms with Crippen LogP contribution in [0.1, 0.15) is 32.4 Å². The minimum absolute atomic E-state index is 0.0684. The van der Waals surface area contributed by atoms with Crippen LogP contribution in [0, 0.1) is 0 Å². The Hall–Kier alpha value is -2.89. The van der Waals surface area contributed by atoms with Crippen molar-refractivity contribution in [3.63, 3.8) is 0 Å². The lowest BCUT2D eigenvalue weighted by Gasteiger charge is -2.17. The average molecular weight is 323 g/mol. The first-order chi connectivity index (χ1) is 11.6. The minimum atomic E-state index is 0.0684. The summed E-state index contributed by atoms with van der Waals surface area (Å²) in [7, 11) is 0. The summed E-state index contributed by atoms with van der Waals surface area (Å²) in [5, 5.41) is 3.37. The Labute approximate surface area is 141 Å². The van der Waals surface area contributed by atoms with Crippen LogP contribution >= 0.6 is 0 Å². The highest BCUT2D eigenvalue weighted by atomic mass is 16.5. The molecule has 6 heteroatoms. The van der Waals surface area contributed by atoms with Gasteiger partial charge in [0.1, 0.15) is 5.82 Å². The monoisotopic (exact) mass is 323 g/mol. The van der Waals surface area contributed by atoms with Gasteiger partial charge < -0.3 is 14.6 Å². The van der Waals surface area contributed by atoms with Gasteiger partial charge in [0.15, 0.2) is 0 Å². The van der Waals surface area contributed by atoms with E-state index in [0.29, 0.717) is 11.7 Å². The summed E-state index contributed by atoms with van der Waals surface area (Å²) >= 11 is 0. The van der Waals surface area contributed by atoms with Crippen LogP contribution in [-0.4, -0.2) is 25.6 Å². The molecule has 0 radical (unpaired) electrons. The molecule has 0 amide bonds. The number of rotatable bonds is 6. The summed E-state index contributed by atoms with van der Waals surface area (Å²) in [6.07, 6.45) is 8.87. The van der Waals surface area contributed by atoms with Crippen LogP contribution in [0.3, 0.4) is 0 Å². The Balaban J connectivity index is 1.75. The van der Waals surface area contributed by atoms with Crippen LogP contribution < -0.4 is 10.1 Å². The first-order valence-electron chi connectivity index (χ1n) is 7.95. The lowest BCUT2D eigenvalue weighted by atomic mass is 10.1. The third-order valence-corrected chi connectivity index (χ3v) is 3.51. The van der Waals surface area contributed by atoms with Crippen molar-refractivity contribution in [3.05, 3.63) is 60.9 Å². The molecule has 0 spiro atoms. The van der Waals surface area contributed by atoms with Gasteiger partial charge in [-0.3, -0.25) is 4.98 Å². The number of imidazole rings is 1. The molecule has 0 saturated carbocycles. The Morgan fingerprint density at radius 2 is 2.00 bits per heavy atom. The van der Waals surface area contributed by atoms with Crippen molar-refractivity contribution in [1.29, 1.82) is 0 Å². The van der Waals surface area contributed by atoms with E-state index in [-0.39, 0.29) is 12.1 Å². The molecule has 124 valence electrons. The second-order valence-corrected chi connectivity index (χ2v) is 5.84. The van der Waals surface area contributed by atoms with E-state index in [1.165, 1.54) is 0 Å². The molecule has 0 bridgehead atoms. The van der Waals surface area contributed by atoms with E-state index < -0.39 is 0 Å². The number of hydrogen-bond acceptors (Lipinski definition) is 5. The second kappa shape index (κ2) is 7.12. The van der Waals surface area contributed by atoms with Crippen LogP contribution in [0.15, 0.2) is 55.4 Å². The quantitative estimate of drug-likeness (QED) is 0.750. The predicted octanol–water partition coefficient (Wildman–Crippen LogP) is 3.62. The Morgan fingerprint density at radius 3 is 2.75 bits per heavy atom. The summed E-state index contributed by atoms with van der Waals surface area (Å²) in [5.41, 5.74) is 2.22. The van der Waals surface area contributed by atoms with Crippen LogP contribution in [0.2, 0.25) is 0 Å². The molecule has 1 atom stereocenters. The third kappa shape index (κ3) is 3.90. The van der Waals surface area contributed by atoms with Crippen molar-refractivity contribution < 1.29 is 4.74 Å².